The quantitative estimate of drug-likeness (QED) is 0.842. The molecule has 0 bridgehead atoms. The average Bonchev–Trinajstić information content (AvgIpc) is 2.38. The van der Waals surface area contributed by atoms with E-state index >= 15 is 0 Å². The summed E-state index contributed by atoms with van der Waals surface area (Å²) in [5.74, 6) is -0.416. The molecule has 21 heavy (non-hydrogen) atoms. The first kappa shape index (κ1) is 15.1. The Balaban J connectivity index is 2.16. The van der Waals surface area contributed by atoms with Gasteiger partial charge in [-0.25, -0.2) is 0 Å². The molecule has 2 N–H and O–H groups in total. The van der Waals surface area contributed by atoms with Crippen molar-refractivity contribution < 1.29 is 15.0 Å². The lowest BCUT2D eigenvalue weighted by molar-refractivity contribution is 0.0990. The van der Waals surface area contributed by atoms with E-state index in [9.17, 15) is 15.0 Å². The second-order valence-electron chi connectivity index (χ2n) is 6.25. The van der Waals surface area contributed by atoms with E-state index in [1.807, 2.05) is 24.3 Å². The molecule has 3 heteroatoms. The van der Waals surface area contributed by atoms with Crippen molar-refractivity contribution in [3.63, 3.8) is 0 Å². The van der Waals surface area contributed by atoms with Crippen LogP contribution in [0, 0.1) is 0 Å². The van der Waals surface area contributed by atoms with Gasteiger partial charge >= 0.3 is 0 Å². The van der Waals surface area contributed by atoms with Crippen molar-refractivity contribution in [1.82, 2.24) is 0 Å². The zero-order valence-corrected chi connectivity index (χ0v) is 12.6. The smallest absolute Gasteiger partial charge is 0.170 e. The highest BCUT2D eigenvalue weighted by atomic mass is 16.3. The minimum absolute atomic E-state index is 0.0569. The number of Topliss-reactive ketones (excluding diaryl/α,β-unsaturated/α-hetero) is 1. The Morgan fingerprint density at radius 1 is 1.00 bits per heavy atom. The van der Waals surface area contributed by atoms with E-state index in [0.29, 0.717) is 0 Å². The van der Waals surface area contributed by atoms with Crippen LogP contribution in [0.25, 0.3) is 0 Å². The molecule has 0 spiro atoms. The number of carbonyl (C=O) groups is 1. The number of aromatic hydroxyl groups is 2. The second-order valence-corrected chi connectivity index (χ2v) is 6.25. The Kier molecular flexibility index (Phi) is 4.03. The molecule has 0 aliphatic heterocycles. The van der Waals surface area contributed by atoms with E-state index in [-0.39, 0.29) is 34.7 Å². The molecule has 2 aromatic rings. The summed E-state index contributed by atoms with van der Waals surface area (Å²) < 4.78 is 0. The second kappa shape index (κ2) is 5.60. The first-order chi connectivity index (χ1) is 9.77. The Labute approximate surface area is 124 Å². The van der Waals surface area contributed by atoms with Gasteiger partial charge < -0.3 is 10.2 Å². The highest BCUT2D eigenvalue weighted by Crippen LogP contribution is 2.25. The summed E-state index contributed by atoms with van der Waals surface area (Å²) >= 11 is 0. The van der Waals surface area contributed by atoms with Gasteiger partial charge in [0.25, 0.3) is 0 Å². The van der Waals surface area contributed by atoms with Gasteiger partial charge in [-0.05, 0) is 28.7 Å². The molecule has 2 aromatic carbocycles. The summed E-state index contributed by atoms with van der Waals surface area (Å²) in [6, 6.07) is 12.0. The lowest BCUT2D eigenvalue weighted by Crippen LogP contribution is -2.11. The monoisotopic (exact) mass is 284 g/mol. The van der Waals surface area contributed by atoms with Crippen LogP contribution in [0.5, 0.6) is 11.5 Å². The number of phenolic OH excluding ortho intramolecular Hbond substituents is 2. The third-order valence-corrected chi connectivity index (χ3v) is 3.47. The molecule has 0 aliphatic rings. The molecule has 0 fully saturated rings. The third kappa shape index (κ3) is 3.63. The van der Waals surface area contributed by atoms with Crippen molar-refractivity contribution in [3.05, 3.63) is 59.2 Å². The molecule has 0 unspecified atom stereocenters. The minimum atomic E-state index is -0.189. The normalized spacial score (nSPS) is 11.4. The Hall–Kier alpha value is -2.29. The Morgan fingerprint density at radius 3 is 2.14 bits per heavy atom. The first-order valence-electron chi connectivity index (χ1n) is 6.92. The van der Waals surface area contributed by atoms with E-state index in [2.05, 4.69) is 20.8 Å². The Bertz CT molecular complexity index is 649. The SMILES string of the molecule is CC(C)(C)c1ccc(CC(=O)c2ccc(O)cc2O)cc1. The standard InChI is InChI=1S/C18H20O3/c1-18(2,3)13-6-4-12(5-7-13)10-16(20)15-9-8-14(19)11-17(15)21/h4-9,11,19,21H,10H2,1-3H3. The van der Waals surface area contributed by atoms with E-state index in [1.165, 1.54) is 23.8 Å². The fraction of sp³-hybridized carbons (Fsp3) is 0.278. The molecule has 0 amide bonds. The molecule has 0 aliphatic carbocycles. The molecule has 0 heterocycles. The minimum Gasteiger partial charge on any atom is -0.508 e. The van der Waals surface area contributed by atoms with Gasteiger partial charge in [-0.2, -0.15) is 0 Å². The molecule has 2 rings (SSSR count). The molecule has 0 radical (unpaired) electrons. The number of phenols is 2. The lowest BCUT2D eigenvalue weighted by Gasteiger charge is -2.19. The van der Waals surface area contributed by atoms with E-state index in [0.717, 1.165) is 5.56 Å². The highest BCUT2D eigenvalue weighted by Gasteiger charge is 2.15. The van der Waals surface area contributed by atoms with Crippen molar-refractivity contribution in [3.8, 4) is 11.5 Å². The number of benzene rings is 2. The van der Waals surface area contributed by atoms with Gasteiger partial charge in [-0.1, -0.05) is 45.0 Å². The molecule has 0 aromatic heterocycles. The van der Waals surface area contributed by atoms with E-state index < -0.39 is 0 Å². The molecule has 0 atom stereocenters. The first-order valence-corrected chi connectivity index (χ1v) is 6.92. The van der Waals surface area contributed by atoms with Crippen molar-refractivity contribution in [2.45, 2.75) is 32.6 Å². The van der Waals surface area contributed by atoms with Crippen LogP contribution in [0.15, 0.2) is 42.5 Å². The molecule has 0 saturated carbocycles. The van der Waals surface area contributed by atoms with Gasteiger partial charge in [0.1, 0.15) is 11.5 Å². The van der Waals surface area contributed by atoms with Crippen LogP contribution < -0.4 is 0 Å². The molecular formula is C18H20O3. The van der Waals surface area contributed by atoms with Crippen molar-refractivity contribution in [2.75, 3.05) is 0 Å². The third-order valence-electron chi connectivity index (χ3n) is 3.47. The molecular weight excluding hydrogens is 264 g/mol. The van der Waals surface area contributed by atoms with Gasteiger partial charge in [0.05, 0.1) is 5.56 Å². The van der Waals surface area contributed by atoms with Crippen LogP contribution in [0.1, 0.15) is 42.3 Å². The molecule has 0 saturated heterocycles. The molecule has 3 nitrogen and oxygen atoms in total. The van der Waals surface area contributed by atoms with Crippen molar-refractivity contribution in [1.29, 1.82) is 0 Å². The topological polar surface area (TPSA) is 57.5 Å². The fourth-order valence-electron chi connectivity index (χ4n) is 2.16. The van der Waals surface area contributed by atoms with Gasteiger partial charge in [-0.15, -0.1) is 0 Å². The van der Waals surface area contributed by atoms with Gasteiger partial charge in [0.15, 0.2) is 5.78 Å². The number of hydrogen-bond acceptors (Lipinski definition) is 3. The summed E-state index contributed by atoms with van der Waals surface area (Å²) in [7, 11) is 0. The van der Waals surface area contributed by atoms with E-state index in [4.69, 9.17) is 0 Å². The summed E-state index contributed by atoms with van der Waals surface area (Å²) in [5.41, 5.74) is 2.43. The predicted octanol–water partition coefficient (Wildman–Crippen LogP) is 3.82. The lowest BCUT2D eigenvalue weighted by atomic mass is 9.86. The fourth-order valence-corrected chi connectivity index (χ4v) is 2.16. The van der Waals surface area contributed by atoms with E-state index in [1.54, 1.807) is 0 Å². The number of rotatable bonds is 3. The number of carbonyl (C=O) groups excluding carboxylic acids is 1. The zero-order valence-electron chi connectivity index (χ0n) is 12.6. The Morgan fingerprint density at radius 2 is 1.62 bits per heavy atom. The zero-order chi connectivity index (χ0) is 15.6. The van der Waals surface area contributed by atoms with Crippen LogP contribution in [-0.2, 0) is 11.8 Å². The summed E-state index contributed by atoms with van der Waals surface area (Å²) in [6.45, 7) is 6.42. The van der Waals surface area contributed by atoms with Crippen molar-refractivity contribution in [2.24, 2.45) is 0 Å². The predicted molar refractivity (Wildman–Crippen MR) is 82.9 cm³/mol. The van der Waals surface area contributed by atoms with Crippen LogP contribution in [0.4, 0.5) is 0 Å². The maximum absolute atomic E-state index is 12.2. The van der Waals surface area contributed by atoms with Gasteiger partial charge in [0.2, 0.25) is 0 Å². The average molecular weight is 284 g/mol. The summed E-state index contributed by atoms with van der Waals surface area (Å²) in [4.78, 5) is 12.2. The molecule has 110 valence electrons. The summed E-state index contributed by atoms with van der Waals surface area (Å²) in [6.07, 6.45) is 0.225. The largest absolute Gasteiger partial charge is 0.508 e. The maximum atomic E-state index is 12.2. The summed E-state index contributed by atoms with van der Waals surface area (Å²) in [5, 5.41) is 19.0. The number of ketones is 1. The van der Waals surface area contributed by atoms with Crippen LogP contribution in [0.2, 0.25) is 0 Å². The van der Waals surface area contributed by atoms with Crippen LogP contribution in [0.3, 0.4) is 0 Å². The maximum Gasteiger partial charge on any atom is 0.170 e. The number of hydrogen-bond donors (Lipinski definition) is 2. The van der Waals surface area contributed by atoms with Crippen molar-refractivity contribution >= 4 is 5.78 Å². The van der Waals surface area contributed by atoms with Gasteiger partial charge in [-0.3, -0.25) is 4.79 Å². The van der Waals surface area contributed by atoms with Crippen LogP contribution >= 0.6 is 0 Å². The van der Waals surface area contributed by atoms with Crippen LogP contribution in [-0.4, -0.2) is 16.0 Å². The van der Waals surface area contributed by atoms with Gasteiger partial charge in [0, 0.05) is 12.5 Å². The highest BCUT2D eigenvalue weighted by molar-refractivity contribution is 6.00.